The van der Waals surface area contributed by atoms with Crippen molar-refractivity contribution in [1.29, 1.82) is 0 Å². The molecule has 2 aliphatic rings. The molecule has 7 heteroatoms. The van der Waals surface area contributed by atoms with Crippen LogP contribution in [0.25, 0.3) is 11.3 Å². The number of aryl methyl sites for hydroxylation is 1. The topological polar surface area (TPSA) is 74.2 Å². The van der Waals surface area contributed by atoms with Crippen molar-refractivity contribution in [2.45, 2.75) is 38.6 Å². The largest absolute Gasteiger partial charge is 0.351 e. The number of carbonyl (C=O) groups is 1. The van der Waals surface area contributed by atoms with E-state index in [1.54, 1.807) is 6.92 Å². The molecule has 0 aliphatic carbocycles. The molecule has 2 aliphatic heterocycles. The third-order valence-corrected chi connectivity index (χ3v) is 6.34. The van der Waals surface area contributed by atoms with Gasteiger partial charge in [-0.3, -0.25) is 9.78 Å². The summed E-state index contributed by atoms with van der Waals surface area (Å²) in [7, 11) is 0. The molecular weight excluding hydrogens is 400 g/mol. The van der Waals surface area contributed by atoms with Crippen molar-refractivity contribution in [2.75, 3.05) is 29.9 Å². The first-order valence-electron chi connectivity index (χ1n) is 11.3. The van der Waals surface area contributed by atoms with E-state index in [9.17, 15) is 4.79 Å². The Bertz CT molecular complexity index is 1090. The summed E-state index contributed by atoms with van der Waals surface area (Å²) in [6.45, 7) is 4.11. The number of hydrogen-bond donors (Lipinski definition) is 1. The summed E-state index contributed by atoms with van der Waals surface area (Å²) < 4.78 is 0. The molecule has 1 saturated heterocycles. The van der Waals surface area contributed by atoms with E-state index in [0.29, 0.717) is 5.95 Å². The van der Waals surface area contributed by atoms with Gasteiger partial charge in [-0.1, -0.05) is 30.3 Å². The van der Waals surface area contributed by atoms with Crippen LogP contribution >= 0.6 is 0 Å². The lowest BCUT2D eigenvalue weighted by molar-refractivity contribution is -0.129. The molecule has 0 spiro atoms. The van der Waals surface area contributed by atoms with Gasteiger partial charge in [0.2, 0.25) is 11.9 Å². The van der Waals surface area contributed by atoms with E-state index in [0.717, 1.165) is 62.4 Å². The summed E-state index contributed by atoms with van der Waals surface area (Å²) in [4.78, 5) is 29.8. The Morgan fingerprint density at radius 3 is 2.66 bits per heavy atom. The van der Waals surface area contributed by atoms with Gasteiger partial charge < -0.3 is 15.1 Å². The maximum atomic E-state index is 11.6. The van der Waals surface area contributed by atoms with E-state index in [-0.39, 0.29) is 11.9 Å². The molecule has 4 heterocycles. The smallest absolute Gasteiger partial charge is 0.224 e. The van der Waals surface area contributed by atoms with Crippen LogP contribution in [0.2, 0.25) is 0 Å². The molecule has 7 nitrogen and oxygen atoms in total. The number of carbonyl (C=O) groups excluding carboxylic acids is 1. The van der Waals surface area contributed by atoms with Crippen molar-refractivity contribution >= 4 is 23.4 Å². The summed E-state index contributed by atoms with van der Waals surface area (Å²) in [5.74, 6) is 1.69. The average molecular weight is 429 g/mol. The van der Waals surface area contributed by atoms with E-state index in [2.05, 4.69) is 33.4 Å². The Kier molecular flexibility index (Phi) is 5.71. The summed E-state index contributed by atoms with van der Waals surface area (Å²) >= 11 is 0. The summed E-state index contributed by atoms with van der Waals surface area (Å²) in [6.07, 6.45) is 7.74. The number of amides is 1. The van der Waals surface area contributed by atoms with E-state index < -0.39 is 0 Å². The highest BCUT2D eigenvalue weighted by Gasteiger charge is 2.23. The number of aromatic nitrogens is 3. The molecule has 32 heavy (non-hydrogen) atoms. The van der Waals surface area contributed by atoms with E-state index in [1.165, 1.54) is 11.3 Å². The Morgan fingerprint density at radius 2 is 1.88 bits per heavy atom. The zero-order valence-electron chi connectivity index (χ0n) is 18.4. The minimum atomic E-state index is 0.148. The quantitative estimate of drug-likeness (QED) is 0.676. The minimum absolute atomic E-state index is 0.148. The van der Waals surface area contributed by atoms with Crippen molar-refractivity contribution in [2.24, 2.45) is 0 Å². The molecule has 0 saturated carbocycles. The van der Waals surface area contributed by atoms with Crippen molar-refractivity contribution in [1.82, 2.24) is 19.9 Å². The van der Waals surface area contributed by atoms with Gasteiger partial charge in [0.1, 0.15) is 5.82 Å². The highest BCUT2D eigenvalue weighted by molar-refractivity contribution is 5.73. The molecule has 0 bridgehead atoms. The third kappa shape index (κ3) is 4.28. The number of nitrogens with zero attached hydrogens (tertiary/aromatic N) is 5. The molecule has 1 fully saturated rings. The van der Waals surface area contributed by atoms with E-state index in [1.807, 2.05) is 41.6 Å². The maximum absolute atomic E-state index is 11.6. The second kappa shape index (κ2) is 8.94. The van der Waals surface area contributed by atoms with Crippen LogP contribution in [-0.4, -0.2) is 51.4 Å². The van der Waals surface area contributed by atoms with Crippen LogP contribution in [0.15, 0.2) is 54.9 Å². The number of nitrogens with one attached hydrogen (secondary N) is 1. The molecule has 5 rings (SSSR count). The fourth-order valence-electron chi connectivity index (χ4n) is 4.56. The van der Waals surface area contributed by atoms with Crippen LogP contribution in [0, 0.1) is 0 Å². The SMILES string of the molecule is CC(=O)N1CCC(Nc2nccc(N3CCCc4cnc(-c5ccccc5)cc43)n2)CC1. The Morgan fingerprint density at radius 1 is 1.06 bits per heavy atom. The molecule has 1 amide bonds. The van der Waals surface area contributed by atoms with Crippen molar-refractivity contribution in [3.05, 3.63) is 60.4 Å². The number of pyridine rings is 1. The van der Waals surface area contributed by atoms with Gasteiger partial charge in [-0.15, -0.1) is 0 Å². The fourth-order valence-corrected chi connectivity index (χ4v) is 4.56. The molecule has 1 aromatic carbocycles. The highest BCUT2D eigenvalue weighted by atomic mass is 16.2. The number of benzene rings is 1. The molecule has 0 unspecified atom stereocenters. The zero-order valence-corrected chi connectivity index (χ0v) is 18.4. The zero-order chi connectivity index (χ0) is 21.9. The van der Waals surface area contributed by atoms with Gasteiger partial charge in [0.15, 0.2) is 0 Å². The number of likely N-dealkylation sites (tertiary alicyclic amines) is 1. The van der Waals surface area contributed by atoms with Crippen molar-refractivity contribution < 1.29 is 4.79 Å². The first kappa shape index (κ1) is 20.4. The van der Waals surface area contributed by atoms with Gasteiger partial charge >= 0.3 is 0 Å². The first-order valence-corrected chi connectivity index (χ1v) is 11.3. The van der Waals surface area contributed by atoms with Gasteiger partial charge in [0, 0.05) is 56.2 Å². The number of fused-ring (bicyclic) bond motifs is 1. The highest BCUT2D eigenvalue weighted by Crippen LogP contribution is 2.35. The maximum Gasteiger partial charge on any atom is 0.224 e. The number of hydrogen-bond acceptors (Lipinski definition) is 6. The Hall–Kier alpha value is -3.48. The molecule has 2 aromatic heterocycles. The van der Waals surface area contributed by atoms with E-state index in [4.69, 9.17) is 9.97 Å². The molecule has 3 aromatic rings. The lowest BCUT2D eigenvalue weighted by atomic mass is 10.0. The molecular formula is C25H28N6O. The van der Waals surface area contributed by atoms with Crippen molar-refractivity contribution in [3.63, 3.8) is 0 Å². The number of piperidine rings is 1. The van der Waals surface area contributed by atoms with Gasteiger partial charge in [0.05, 0.1) is 5.69 Å². The average Bonchev–Trinajstić information content (AvgIpc) is 2.84. The lowest BCUT2D eigenvalue weighted by Crippen LogP contribution is -2.41. The van der Waals surface area contributed by atoms with Gasteiger partial charge in [-0.25, -0.2) is 4.98 Å². The predicted molar refractivity (Wildman–Crippen MR) is 126 cm³/mol. The monoisotopic (exact) mass is 428 g/mol. The van der Waals surface area contributed by atoms with Crippen molar-refractivity contribution in [3.8, 4) is 11.3 Å². The van der Waals surface area contributed by atoms with Gasteiger partial charge in [-0.05, 0) is 43.4 Å². The fraction of sp³-hybridized carbons (Fsp3) is 0.360. The lowest BCUT2D eigenvalue weighted by Gasteiger charge is -2.32. The van der Waals surface area contributed by atoms with Crippen LogP contribution in [0.1, 0.15) is 31.7 Å². The van der Waals surface area contributed by atoms with Crippen LogP contribution in [0.5, 0.6) is 0 Å². The Labute approximate surface area is 188 Å². The molecule has 0 atom stereocenters. The van der Waals surface area contributed by atoms with Crippen LogP contribution in [0.4, 0.5) is 17.5 Å². The van der Waals surface area contributed by atoms with Crippen LogP contribution in [0.3, 0.4) is 0 Å². The van der Waals surface area contributed by atoms with Gasteiger partial charge in [0.25, 0.3) is 0 Å². The standard InChI is InChI=1S/C25H28N6O/c1-18(32)30-14-10-21(11-15-30)28-25-26-12-9-24(29-25)31-13-5-8-20-17-27-22(16-23(20)31)19-6-3-2-4-7-19/h2-4,6-7,9,12,16-17,21H,5,8,10-11,13-15H2,1H3,(H,26,28,29). The summed E-state index contributed by atoms with van der Waals surface area (Å²) in [5.41, 5.74) is 4.51. The number of anilines is 3. The molecule has 1 N–H and O–H groups in total. The molecule has 0 radical (unpaired) electrons. The number of rotatable bonds is 4. The summed E-state index contributed by atoms with van der Waals surface area (Å²) in [5, 5.41) is 3.48. The van der Waals surface area contributed by atoms with Crippen LogP contribution in [-0.2, 0) is 11.2 Å². The molecule has 164 valence electrons. The van der Waals surface area contributed by atoms with E-state index >= 15 is 0 Å². The predicted octanol–water partition coefficient (Wildman–Crippen LogP) is 4.05. The third-order valence-electron chi connectivity index (χ3n) is 6.34. The summed E-state index contributed by atoms with van der Waals surface area (Å²) in [6, 6.07) is 14.7. The minimum Gasteiger partial charge on any atom is -0.351 e. The Balaban J connectivity index is 1.37. The first-order chi connectivity index (χ1) is 15.7. The van der Waals surface area contributed by atoms with Crippen LogP contribution < -0.4 is 10.2 Å². The second-order valence-electron chi connectivity index (χ2n) is 8.48. The second-order valence-corrected chi connectivity index (χ2v) is 8.48. The van der Waals surface area contributed by atoms with Gasteiger partial charge in [-0.2, -0.15) is 4.98 Å². The normalized spacial score (nSPS) is 16.5.